The normalized spacial score (nSPS) is 14.8. The van der Waals surface area contributed by atoms with Gasteiger partial charge in [0, 0.05) is 0 Å². The van der Waals surface area contributed by atoms with Crippen molar-refractivity contribution in [2.75, 3.05) is 6.61 Å². The summed E-state index contributed by atoms with van der Waals surface area (Å²) in [5.41, 5.74) is 2.34. The number of aryl methyl sites for hydroxylation is 1. The van der Waals surface area contributed by atoms with Crippen LogP contribution < -0.4 is 9.47 Å². The molecule has 0 aromatic heterocycles. The highest BCUT2D eigenvalue weighted by Crippen LogP contribution is 2.33. The Bertz CT molecular complexity index is 775. The zero-order valence-corrected chi connectivity index (χ0v) is 12.4. The van der Waals surface area contributed by atoms with E-state index in [2.05, 4.69) is 0 Å². The Morgan fingerprint density at radius 2 is 2.05 bits per heavy atom. The smallest absolute Gasteiger partial charge is 0.231 e. The van der Waals surface area contributed by atoms with Crippen LogP contribution in [-0.2, 0) is 0 Å². The van der Waals surface area contributed by atoms with Crippen molar-refractivity contribution in [1.29, 1.82) is 0 Å². The molecule has 0 bridgehead atoms. The fourth-order valence-corrected chi connectivity index (χ4v) is 2.34. The van der Waals surface area contributed by atoms with Crippen LogP contribution in [0.25, 0.3) is 6.08 Å². The first kappa shape index (κ1) is 14.2. The van der Waals surface area contributed by atoms with Gasteiger partial charge in [0.05, 0.1) is 12.2 Å². The van der Waals surface area contributed by atoms with Crippen molar-refractivity contribution >= 4 is 11.9 Å². The number of hydrogen-bond acceptors (Lipinski definition) is 4. The molecule has 2 aromatic carbocycles. The number of ketones is 1. The van der Waals surface area contributed by atoms with Gasteiger partial charge in [0.1, 0.15) is 5.75 Å². The van der Waals surface area contributed by atoms with Crippen LogP contribution in [-0.4, -0.2) is 17.5 Å². The average Bonchev–Trinajstić information content (AvgIpc) is 2.78. The summed E-state index contributed by atoms with van der Waals surface area (Å²) in [5, 5.41) is 9.71. The molecule has 1 heterocycles. The van der Waals surface area contributed by atoms with Crippen LogP contribution in [0.4, 0.5) is 0 Å². The third kappa shape index (κ3) is 2.55. The lowest BCUT2D eigenvalue weighted by Gasteiger charge is -2.06. The topological polar surface area (TPSA) is 55.8 Å². The van der Waals surface area contributed by atoms with Crippen LogP contribution in [0.3, 0.4) is 0 Å². The van der Waals surface area contributed by atoms with E-state index in [1.807, 2.05) is 26.0 Å². The highest BCUT2D eigenvalue weighted by atomic mass is 16.5. The third-order valence-electron chi connectivity index (χ3n) is 3.41. The van der Waals surface area contributed by atoms with E-state index in [0.29, 0.717) is 23.7 Å². The van der Waals surface area contributed by atoms with Crippen LogP contribution in [0.2, 0.25) is 0 Å². The molecule has 0 amide bonds. The Labute approximate surface area is 128 Å². The van der Waals surface area contributed by atoms with Gasteiger partial charge in [-0.25, -0.2) is 0 Å². The molecule has 1 N–H and O–H groups in total. The molecule has 1 aliphatic rings. The van der Waals surface area contributed by atoms with Crippen molar-refractivity contribution in [3.8, 4) is 17.2 Å². The summed E-state index contributed by atoms with van der Waals surface area (Å²) in [4.78, 5) is 12.3. The summed E-state index contributed by atoms with van der Waals surface area (Å²) in [6.07, 6.45) is 1.65. The summed E-state index contributed by atoms with van der Waals surface area (Å²) in [5.74, 6) is 1.17. The maximum atomic E-state index is 12.3. The quantitative estimate of drug-likeness (QED) is 0.877. The van der Waals surface area contributed by atoms with E-state index in [-0.39, 0.29) is 17.3 Å². The van der Waals surface area contributed by atoms with E-state index in [9.17, 15) is 9.90 Å². The van der Waals surface area contributed by atoms with Crippen molar-refractivity contribution in [3.05, 3.63) is 58.8 Å². The Morgan fingerprint density at radius 1 is 1.23 bits per heavy atom. The average molecular weight is 296 g/mol. The first-order valence-corrected chi connectivity index (χ1v) is 7.09. The second-order valence-electron chi connectivity index (χ2n) is 5.10. The number of rotatable bonds is 3. The Morgan fingerprint density at radius 3 is 2.82 bits per heavy atom. The van der Waals surface area contributed by atoms with Crippen LogP contribution >= 0.6 is 0 Å². The number of allylic oxidation sites excluding steroid dienone is 1. The van der Waals surface area contributed by atoms with E-state index in [4.69, 9.17) is 9.47 Å². The van der Waals surface area contributed by atoms with Gasteiger partial charge in [-0.05, 0) is 55.3 Å². The van der Waals surface area contributed by atoms with Crippen molar-refractivity contribution < 1.29 is 19.4 Å². The maximum Gasteiger partial charge on any atom is 0.231 e. The first-order chi connectivity index (χ1) is 10.6. The summed E-state index contributed by atoms with van der Waals surface area (Å²) in [7, 11) is 0. The molecule has 112 valence electrons. The Hall–Kier alpha value is -2.75. The minimum Gasteiger partial charge on any atom is -0.504 e. The molecule has 0 saturated heterocycles. The minimum atomic E-state index is -0.138. The molecule has 0 fully saturated rings. The number of fused-ring (bicyclic) bond motifs is 1. The number of hydrogen-bond donors (Lipinski definition) is 1. The number of phenols is 1. The lowest BCUT2D eigenvalue weighted by Crippen LogP contribution is -1.98. The summed E-state index contributed by atoms with van der Waals surface area (Å²) >= 11 is 0. The molecule has 0 spiro atoms. The van der Waals surface area contributed by atoms with Crippen LogP contribution in [0, 0.1) is 6.92 Å². The number of Topliss-reactive ketones (excluding diaryl/α,β-unsaturated/α-hetero) is 1. The molecular formula is C18H16O4. The monoisotopic (exact) mass is 296 g/mol. The van der Waals surface area contributed by atoms with E-state index in [0.717, 1.165) is 11.1 Å². The molecule has 0 unspecified atom stereocenters. The number of carbonyl (C=O) groups is 1. The standard InChI is InChI=1S/C18H16O4/c1-3-21-16-9-12(5-7-14(16)19)10-17-18(20)13-6-4-11(2)8-15(13)22-17/h4-10,19H,3H2,1-2H3/b17-10-. The van der Waals surface area contributed by atoms with Crippen molar-refractivity contribution in [3.63, 3.8) is 0 Å². The number of aromatic hydroxyl groups is 1. The predicted octanol–water partition coefficient (Wildman–Crippen LogP) is 3.72. The molecule has 0 radical (unpaired) electrons. The number of phenolic OH excluding ortho intramolecular Hbond substituents is 1. The van der Waals surface area contributed by atoms with E-state index >= 15 is 0 Å². The molecular weight excluding hydrogens is 280 g/mol. The molecule has 0 atom stereocenters. The predicted molar refractivity (Wildman–Crippen MR) is 83.4 cm³/mol. The molecule has 22 heavy (non-hydrogen) atoms. The molecule has 2 aromatic rings. The van der Waals surface area contributed by atoms with Crippen LogP contribution in [0.5, 0.6) is 17.2 Å². The number of carbonyl (C=O) groups excluding carboxylic acids is 1. The number of benzene rings is 2. The first-order valence-electron chi connectivity index (χ1n) is 7.09. The Kier molecular flexibility index (Phi) is 3.59. The second kappa shape index (κ2) is 5.56. The number of ether oxygens (including phenoxy) is 2. The third-order valence-corrected chi connectivity index (χ3v) is 3.41. The highest BCUT2D eigenvalue weighted by Gasteiger charge is 2.27. The van der Waals surface area contributed by atoms with Crippen molar-refractivity contribution in [2.45, 2.75) is 13.8 Å². The van der Waals surface area contributed by atoms with Gasteiger partial charge >= 0.3 is 0 Å². The SMILES string of the molecule is CCOc1cc(/C=C2\Oc3cc(C)ccc3C2=O)ccc1O. The van der Waals surface area contributed by atoms with Gasteiger partial charge in [-0.1, -0.05) is 12.1 Å². The fourth-order valence-electron chi connectivity index (χ4n) is 2.34. The molecule has 0 saturated carbocycles. The highest BCUT2D eigenvalue weighted by molar-refractivity contribution is 6.14. The second-order valence-corrected chi connectivity index (χ2v) is 5.10. The maximum absolute atomic E-state index is 12.3. The van der Waals surface area contributed by atoms with Crippen molar-refractivity contribution in [2.24, 2.45) is 0 Å². The van der Waals surface area contributed by atoms with E-state index in [1.54, 1.807) is 24.3 Å². The lowest BCUT2D eigenvalue weighted by atomic mass is 10.1. The van der Waals surface area contributed by atoms with Gasteiger partial charge in [-0.15, -0.1) is 0 Å². The van der Waals surface area contributed by atoms with Crippen LogP contribution in [0.1, 0.15) is 28.4 Å². The fraction of sp³-hybridized carbons (Fsp3) is 0.167. The van der Waals surface area contributed by atoms with Crippen molar-refractivity contribution in [1.82, 2.24) is 0 Å². The van der Waals surface area contributed by atoms with Gasteiger partial charge < -0.3 is 14.6 Å². The van der Waals surface area contributed by atoms with Gasteiger partial charge in [-0.3, -0.25) is 4.79 Å². The lowest BCUT2D eigenvalue weighted by molar-refractivity contribution is 0.101. The zero-order valence-electron chi connectivity index (χ0n) is 12.4. The molecule has 1 aliphatic heterocycles. The van der Waals surface area contributed by atoms with Crippen LogP contribution in [0.15, 0.2) is 42.2 Å². The molecule has 3 rings (SSSR count). The van der Waals surface area contributed by atoms with E-state index in [1.165, 1.54) is 6.07 Å². The van der Waals surface area contributed by atoms with E-state index < -0.39 is 0 Å². The Balaban J connectivity index is 1.94. The van der Waals surface area contributed by atoms with Gasteiger partial charge in [0.15, 0.2) is 17.3 Å². The molecule has 0 aliphatic carbocycles. The summed E-state index contributed by atoms with van der Waals surface area (Å²) < 4.78 is 11.0. The van der Waals surface area contributed by atoms with Gasteiger partial charge in [0.25, 0.3) is 0 Å². The summed E-state index contributed by atoms with van der Waals surface area (Å²) in [6, 6.07) is 10.4. The summed E-state index contributed by atoms with van der Waals surface area (Å²) in [6.45, 7) is 4.24. The zero-order chi connectivity index (χ0) is 15.7. The molecule has 4 nitrogen and oxygen atoms in total. The van der Waals surface area contributed by atoms with Gasteiger partial charge in [-0.2, -0.15) is 0 Å². The molecule has 4 heteroatoms. The minimum absolute atomic E-state index is 0.0709. The largest absolute Gasteiger partial charge is 0.504 e. The van der Waals surface area contributed by atoms with Gasteiger partial charge in [0.2, 0.25) is 5.78 Å².